The summed E-state index contributed by atoms with van der Waals surface area (Å²) in [5.74, 6) is 0.178. The van der Waals surface area contributed by atoms with Gasteiger partial charge in [-0.15, -0.1) is 0 Å². The maximum Gasteiger partial charge on any atom is 0.389 e. The van der Waals surface area contributed by atoms with E-state index in [1.54, 1.807) is 0 Å². The molecule has 0 bridgehead atoms. The van der Waals surface area contributed by atoms with Gasteiger partial charge in [0.05, 0.1) is 6.61 Å². The van der Waals surface area contributed by atoms with Crippen molar-refractivity contribution in [1.82, 2.24) is 9.97 Å². The van der Waals surface area contributed by atoms with Crippen molar-refractivity contribution in [1.29, 1.82) is 0 Å². The molecule has 0 spiro atoms. The maximum atomic E-state index is 11.7. The lowest BCUT2D eigenvalue weighted by Gasteiger charge is -2.07. The highest BCUT2D eigenvalue weighted by atomic mass is 35.5. The third-order valence-electron chi connectivity index (χ3n) is 1.46. The van der Waals surface area contributed by atoms with E-state index in [1.165, 1.54) is 12.3 Å². The second-order valence-corrected chi connectivity index (χ2v) is 3.07. The fourth-order valence-electron chi connectivity index (χ4n) is 0.849. The Labute approximate surface area is 89.2 Å². The molecular weight excluding hydrogens is 233 g/mol. The Balaban J connectivity index is 2.26. The van der Waals surface area contributed by atoms with Crippen LogP contribution in [0, 0.1) is 0 Å². The summed E-state index contributed by atoms with van der Waals surface area (Å²) in [7, 11) is 0. The normalized spacial score (nSPS) is 11.5. The van der Waals surface area contributed by atoms with Crippen LogP contribution in [0.2, 0.25) is 5.28 Å². The number of nitrogens with zero attached hydrogens (tertiary/aromatic N) is 2. The maximum absolute atomic E-state index is 11.7. The molecule has 3 nitrogen and oxygen atoms in total. The molecule has 0 saturated heterocycles. The molecule has 0 aliphatic carbocycles. The van der Waals surface area contributed by atoms with Gasteiger partial charge in [-0.2, -0.15) is 18.2 Å². The summed E-state index contributed by atoms with van der Waals surface area (Å²) in [6.07, 6.45) is -3.75. The molecule has 0 fully saturated rings. The van der Waals surface area contributed by atoms with Crippen molar-refractivity contribution < 1.29 is 17.9 Å². The smallest absolute Gasteiger partial charge is 0.389 e. The first kappa shape index (κ1) is 12.0. The molecule has 0 amide bonds. The monoisotopic (exact) mass is 240 g/mol. The standard InChI is InChI=1S/C8H8ClF3N2O/c9-7-13-4-2-6(14-7)15-5-1-3-8(10,11)12/h2,4H,1,3,5H2. The molecule has 1 aromatic rings. The topological polar surface area (TPSA) is 35.0 Å². The van der Waals surface area contributed by atoms with Crippen molar-refractivity contribution >= 4 is 11.6 Å². The summed E-state index contributed by atoms with van der Waals surface area (Å²) in [5.41, 5.74) is 0. The molecule has 0 radical (unpaired) electrons. The molecule has 1 heterocycles. The van der Waals surface area contributed by atoms with Crippen LogP contribution in [0.3, 0.4) is 0 Å². The molecule has 0 atom stereocenters. The lowest BCUT2D eigenvalue weighted by atomic mass is 10.3. The fraction of sp³-hybridized carbons (Fsp3) is 0.500. The molecule has 1 rings (SSSR count). The Hall–Kier alpha value is -1.04. The zero-order chi connectivity index (χ0) is 11.3. The zero-order valence-electron chi connectivity index (χ0n) is 7.59. The minimum absolute atomic E-state index is 0.00308. The predicted octanol–water partition coefficient (Wildman–Crippen LogP) is 2.85. The van der Waals surface area contributed by atoms with E-state index in [0.29, 0.717) is 0 Å². The van der Waals surface area contributed by atoms with Crippen molar-refractivity contribution in [2.24, 2.45) is 0 Å². The van der Waals surface area contributed by atoms with Gasteiger partial charge in [-0.05, 0) is 18.0 Å². The van der Waals surface area contributed by atoms with Gasteiger partial charge in [0.15, 0.2) is 0 Å². The van der Waals surface area contributed by atoms with E-state index in [9.17, 15) is 13.2 Å². The molecule has 0 saturated carbocycles. The molecule has 1 aromatic heterocycles. The molecule has 0 aromatic carbocycles. The van der Waals surface area contributed by atoms with E-state index < -0.39 is 12.6 Å². The van der Waals surface area contributed by atoms with Crippen LogP contribution in [-0.4, -0.2) is 22.8 Å². The quantitative estimate of drug-likeness (QED) is 0.600. The summed E-state index contributed by atoms with van der Waals surface area (Å²) in [4.78, 5) is 7.26. The summed E-state index contributed by atoms with van der Waals surface area (Å²) in [6.45, 7) is -0.0488. The van der Waals surface area contributed by atoms with Gasteiger partial charge in [-0.3, -0.25) is 0 Å². The Morgan fingerprint density at radius 1 is 1.40 bits per heavy atom. The van der Waals surface area contributed by atoms with E-state index >= 15 is 0 Å². The van der Waals surface area contributed by atoms with Crippen molar-refractivity contribution in [3.05, 3.63) is 17.5 Å². The molecular formula is C8H8ClF3N2O. The van der Waals surface area contributed by atoms with Crippen LogP contribution >= 0.6 is 11.6 Å². The molecule has 84 valence electrons. The van der Waals surface area contributed by atoms with Gasteiger partial charge < -0.3 is 4.74 Å². The highest BCUT2D eigenvalue weighted by Gasteiger charge is 2.26. The first-order valence-electron chi connectivity index (χ1n) is 4.15. The molecule has 0 aliphatic rings. The van der Waals surface area contributed by atoms with Crippen molar-refractivity contribution in [2.45, 2.75) is 19.0 Å². The second kappa shape index (κ2) is 5.16. The lowest BCUT2D eigenvalue weighted by molar-refractivity contribution is -0.136. The first-order valence-corrected chi connectivity index (χ1v) is 4.53. The Kier molecular flexibility index (Phi) is 4.14. The van der Waals surface area contributed by atoms with E-state index in [0.717, 1.165) is 0 Å². The number of hydrogen-bond donors (Lipinski definition) is 0. The Morgan fingerprint density at radius 2 is 2.13 bits per heavy atom. The number of halogens is 4. The van der Waals surface area contributed by atoms with Crippen LogP contribution in [-0.2, 0) is 0 Å². The average Bonchev–Trinajstić information content (AvgIpc) is 2.11. The van der Waals surface area contributed by atoms with Crippen LogP contribution in [0.1, 0.15) is 12.8 Å². The lowest BCUT2D eigenvalue weighted by Crippen LogP contribution is -2.10. The van der Waals surface area contributed by atoms with Gasteiger partial charge in [0.25, 0.3) is 0 Å². The number of ether oxygens (including phenoxy) is 1. The highest BCUT2D eigenvalue weighted by Crippen LogP contribution is 2.21. The van der Waals surface area contributed by atoms with E-state index in [4.69, 9.17) is 16.3 Å². The van der Waals surface area contributed by atoms with Gasteiger partial charge in [-0.1, -0.05) is 0 Å². The molecule has 15 heavy (non-hydrogen) atoms. The van der Waals surface area contributed by atoms with Crippen molar-refractivity contribution in [3.8, 4) is 5.88 Å². The first-order chi connectivity index (χ1) is 6.97. The number of aromatic nitrogens is 2. The van der Waals surface area contributed by atoms with Crippen LogP contribution in [0.25, 0.3) is 0 Å². The van der Waals surface area contributed by atoms with Crippen LogP contribution in [0.15, 0.2) is 12.3 Å². The third kappa shape index (κ3) is 5.41. The van der Waals surface area contributed by atoms with Gasteiger partial charge in [0.2, 0.25) is 11.2 Å². The Morgan fingerprint density at radius 3 is 2.73 bits per heavy atom. The Bertz CT molecular complexity index is 319. The minimum Gasteiger partial charge on any atom is -0.478 e. The largest absolute Gasteiger partial charge is 0.478 e. The van der Waals surface area contributed by atoms with E-state index in [1.807, 2.05) is 0 Å². The summed E-state index contributed by atoms with van der Waals surface area (Å²) in [5, 5.41) is 0.00308. The molecule has 7 heteroatoms. The fourth-order valence-corrected chi connectivity index (χ4v) is 0.989. The van der Waals surface area contributed by atoms with Gasteiger partial charge >= 0.3 is 6.18 Å². The summed E-state index contributed by atoms with van der Waals surface area (Å²) in [6, 6.07) is 1.43. The third-order valence-corrected chi connectivity index (χ3v) is 1.64. The van der Waals surface area contributed by atoms with E-state index in [2.05, 4.69) is 9.97 Å². The molecule has 0 N–H and O–H groups in total. The minimum atomic E-state index is -4.15. The van der Waals surface area contributed by atoms with Gasteiger partial charge in [0.1, 0.15) is 0 Å². The second-order valence-electron chi connectivity index (χ2n) is 2.73. The highest BCUT2D eigenvalue weighted by molar-refractivity contribution is 6.28. The van der Waals surface area contributed by atoms with Crippen molar-refractivity contribution in [3.63, 3.8) is 0 Å². The van der Waals surface area contributed by atoms with E-state index in [-0.39, 0.29) is 24.2 Å². The predicted molar refractivity (Wildman–Crippen MR) is 47.8 cm³/mol. The van der Waals surface area contributed by atoms with Gasteiger partial charge in [0, 0.05) is 18.7 Å². The number of alkyl halides is 3. The van der Waals surface area contributed by atoms with Gasteiger partial charge in [-0.25, -0.2) is 4.98 Å². The van der Waals surface area contributed by atoms with Crippen LogP contribution in [0.5, 0.6) is 5.88 Å². The zero-order valence-corrected chi connectivity index (χ0v) is 8.35. The van der Waals surface area contributed by atoms with Crippen molar-refractivity contribution in [2.75, 3.05) is 6.61 Å². The average molecular weight is 241 g/mol. The van der Waals surface area contributed by atoms with Crippen LogP contribution in [0.4, 0.5) is 13.2 Å². The summed E-state index contributed by atoms with van der Waals surface area (Å²) >= 11 is 5.45. The molecule has 0 unspecified atom stereocenters. The van der Waals surface area contributed by atoms with Crippen LogP contribution < -0.4 is 4.74 Å². The number of rotatable bonds is 4. The summed E-state index contributed by atoms with van der Waals surface area (Å²) < 4.78 is 40.2. The SMILES string of the molecule is FC(F)(F)CCCOc1ccnc(Cl)n1. The number of hydrogen-bond acceptors (Lipinski definition) is 3. The molecule has 0 aliphatic heterocycles.